The van der Waals surface area contributed by atoms with Gasteiger partial charge >= 0.3 is 0 Å². The van der Waals surface area contributed by atoms with Crippen LogP contribution in [0.1, 0.15) is 57.0 Å². The summed E-state index contributed by atoms with van der Waals surface area (Å²) in [5.41, 5.74) is 2.16. The zero-order valence-electron chi connectivity index (χ0n) is 19.1. The first-order chi connectivity index (χ1) is 16.2. The van der Waals surface area contributed by atoms with Gasteiger partial charge in [0.05, 0.1) is 33.0 Å². The molecule has 0 bridgehead atoms. The van der Waals surface area contributed by atoms with E-state index in [2.05, 4.69) is 0 Å². The third-order valence-corrected chi connectivity index (χ3v) is 6.50. The first kappa shape index (κ1) is 25.5. The molecule has 0 spiro atoms. The van der Waals surface area contributed by atoms with Gasteiger partial charge in [-0.15, -0.1) is 0 Å². The summed E-state index contributed by atoms with van der Waals surface area (Å²) in [6, 6.07) is 9.68. The standard InChI is InChI=1S/C26H30O8/c1-14-3-20(4-15(9-27)23(14)32)26(2,21-5-16(10-28)24(33)17(6-21)11-29)22-7-18(12-30)25(34)19(8-22)13-31/h3-8,27-34H,9-13H2,1-2H3. The van der Waals surface area contributed by atoms with Gasteiger partial charge in [0.1, 0.15) is 17.2 Å². The van der Waals surface area contributed by atoms with E-state index in [9.17, 15) is 40.9 Å². The van der Waals surface area contributed by atoms with Crippen LogP contribution in [0.25, 0.3) is 0 Å². The van der Waals surface area contributed by atoms with Crippen molar-refractivity contribution < 1.29 is 40.9 Å². The highest BCUT2D eigenvalue weighted by atomic mass is 16.3. The van der Waals surface area contributed by atoms with E-state index >= 15 is 0 Å². The SMILES string of the molecule is Cc1cc(C(C)(c2cc(CO)c(O)c(CO)c2)c2cc(CO)c(O)c(CO)c2)cc(CO)c1O. The fraction of sp³-hybridized carbons (Fsp3) is 0.308. The highest BCUT2D eigenvalue weighted by molar-refractivity contribution is 5.59. The van der Waals surface area contributed by atoms with Crippen molar-refractivity contribution in [3.63, 3.8) is 0 Å². The Morgan fingerprint density at radius 2 is 0.765 bits per heavy atom. The molecule has 0 aliphatic rings. The molecule has 34 heavy (non-hydrogen) atoms. The van der Waals surface area contributed by atoms with E-state index in [1.807, 2.05) is 6.92 Å². The Hall–Kier alpha value is -3.14. The number of aliphatic hydroxyl groups is 5. The van der Waals surface area contributed by atoms with Crippen molar-refractivity contribution in [1.82, 2.24) is 0 Å². The summed E-state index contributed by atoms with van der Waals surface area (Å²) in [5.74, 6) is -0.511. The van der Waals surface area contributed by atoms with Crippen LogP contribution in [-0.4, -0.2) is 40.9 Å². The Morgan fingerprint density at radius 1 is 0.500 bits per heavy atom. The molecule has 0 radical (unpaired) electrons. The molecule has 0 saturated carbocycles. The van der Waals surface area contributed by atoms with Crippen LogP contribution in [0.5, 0.6) is 17.2 Å². The van der Waals surface area contributed by atoms with Crippen molar-refractivity contribution >= 4 is 0 Å². The number of aliphatic hydroxyl groups excluding tert-OH is 5. The summed E-state index contributed by atoms with van der Waals surface area (Å²) in [5, 5.41) is 80.3. The lowest BCUT2D eigenvalue weighted by Gasteiger charge is -2.34. The third-order valence-electron chi connectivity index (χ3n) is 6.50. The molecule has 8 N–H and O–H groups in total. The van der Waals surface area contributed by atoms with Gasteiger partial charge in [-0.2, -0.15) is 0 Å². The molecule has 3 rings (SSSR count). The van der Waals surface area contributed by atoms with Crippen LogP contribution in [0, 0.1) is 6.92 Å². The maximum Gasteiger partial charge on any atom is 0.126 e. The molecule has 8 heteroatoms. The van der Waals surface area contributed by atoms with Crippen molar-refractivity contribution in [3.8, 4) is 17.2 Å². The second-order valence-corrected chi connectivity index (χ2v) is 8.50. The van der Waals surface area contributed by atoms with Gasteiger partial charge in [0.25, 0.3) is 0 Å². The molecule has 0 aromatic heterocycles. The molecule has 0 heterocycles. The predicted octanol–water partition coefficient (Wildman–Crippen LogP) is 1.93. The maximum absolute atomic E-state index is 10.4. The second-order valence-electron chi connectivity index (χ2n) is 8.50. The molecule has 0 unspecified atom stereocenters. The Balaban J connectivity index is 2.48. The van der Waals surface area contributed by atoms with E-state index in [1.165, 1.54) is 0 Å². The minimum Gasteiger partial charge on any atom is -0.507 e. The van der Waals surface area contributed by atoms with Gasteiger partial charge in [0.15, 0.2) is 0 Å². The molecule has 3 aromatic rings. The molecule has 3 aromatic carbocycles. The van der Waals surface area contributed by atoms with E-state index in [0.29, 0.717) is 22.3 Å². The fourth-order valence-electron chi connectivity index (χ4n) is 4.34. The normalized spacial score (nSPS) is 11.7. The summed E-state index contributed by atoms with van der Waals surface area (Å²) in [6.45, 7) is 1.13. The third kappa shape index (κ3) is 4.22. The van der Waals surface area contributed by atoms with Crippen LogP contribution in [0.4, 0.5) is 0 Å². The van der Waals surface area contributed by atoms with E-state index in [0.717, 1.165) is 0 Å². The molecule has 8 nitrogen and oxygen atoms in total. The van der Waals surface area contributed by atoms with Crippen molar-refractivity contribution in [2.75, 3.05) is 0 Å². The quantitative estimate of drug-likeness (QED) is 0.232. The smallest absolute Gasteiger partial charge is 0.126 e. The number of hydrogen-bond donors (Lipinski definition) is 8. The van der Waals surface area contributed by atoms with Crippen molar-refractivity contribution in [2.24, 2.45) is 0 Å². The Morgan fingerprint density at radius 3 is 1.06 bits per heavy atom. The fourth-order valence-corrected chi connectivity index (χ4v) is 4.34. The number of rotatable bonds is 8. The van der Waals surface area contributed by atoms with Crippen LogP contribution in [0.2, 0.25) is 0 Å². The number of phenols is 3. The van der Waals surface area contributed by atoms with Gasteiger partial charge < -0.3 is 40.9 Å². The summed E-state index contributed by atoms with van der Waals surface area (Å²) in [6.07, 6.45) is 0. The molecule has 0 aliphatic heterocycles. The van der Waals surface area contributed by atoms with E-state index < -0.39 is 38.4 Å². The molecule has 0 atom stereocenters. The molecule has 0 amide bonds. The number of aromatic hydroxyl groups is 3. The minimum absolute atomic E-state index is 0.0517. The van der Waals surface area contributed by atoms with Gasteiger partial charge in [0, 0.05) is 33.2 Å². The van der Waals surface area contributed by atoms with Gasteiger partial charge in [-0.1, -0.05) is 6.07 Å². The Kier molecular flexibility index (Phi) is 7.50. The van der Waals surface area contributed by atoms with Crippen LogP contribution in [0.15, 0.2) is 36.4 Å². The predicted molar refractivity (Wildman–Crippen MR) is 124 cm³/mol. The van der Waals surface area contributed by atoms with Gasteiger partial charge in [0.2, 0.25) is 0 Å². The van der Waals surface area contributed by atoms with Crippen molar-refractivity contribution in [2.45, 2.75) is 52.3 Å². The lowest BCUT2D eigenvalue weighted by molar-refractivity contribution is 0.263. The monoisotopic (exact) mass is 470 g/mol. The highest BCUT2D eigenvalue weighted by Gasteiger charge is 2.35. The topological polar surface area (TPSA) is 162 Å². The lowest BCUT2D eigenvalue weighted by atomic mass is 9.69. The summed E-state index contributed by atoms with van der Waals surface area (Å²) < 4.78 is 0. The Bertz CT molecular complexity index is 1090. The lowest BCUT2D eigenvalue weighted by Crippen LogP contribution is -2.27. The summed E-state index contributed by atoms with van der Waals surface area (Å²) in [7, 11) is 0. The first-order valence-corrected chi connectivity index (χ1v) is 10.7. The maximum atomic E-state index is 10.4. The number of hydrogen-bond acceptors (Lipinski definition) is 8. The first-order valence-electron chi connectivity index (χ1n) is 10.7. The highest BCUT2D eigenvalue weighted by Crippen LogP contribution is 2.45. The van der Waals surface area contributed by atoms with Crippen LogP contribution in [0.3, 0.4) is 0 Å². The van der Waals surface area contributed by atoms with E-state index in [-0.39, 0.29) is 45.1 Å². The van der Waals surface area contributed by atoms with Gasteiger partial charge in [-0.3, -0.25) is 0 Å². The average molecular weight is 471 g/mol. The molecule has 0 saturated heterocycles. The van der Waals surface area contributed by atoms with Crippen LogP contribution in [-0.2, 0) is 38.4 Å². The van der Waals surface area contributed by atoms with Crippen molar-refractivity contribution in [1.29, 1.82) is 0 Å². The van der Waals surface area contributed by atoms with E-state index in [1.54, 1.807) is 43.3 Å². The average Bonchev–Trinajstić information content (AvgIpc) is 2.85. The molecular weight excluding hydrogens is 440 g/mol. The molecule has 0 fully saturated rings. The van der Waals surface area contributed by atoms with E-state index in [4.69, 9.17) is 0 Å². The van der Waals surface area contributed by atoms with Gasteiger partial charge in [-0.25, -0.2) is 0 Å². The molecule has 0 aliphatic carbocycles. The second kappa shape index (κ2) is 10.0. The molecular formula is C26H30O8. The summed E-state index contributed by atoms with van der Waals surface area (Å²) in [4.78, 5) is 0. The Labute approximate surface area is 197 Å². The van der Waals surface area contributed by atoms with Crippen LogP contribution >= 0.6 is 0 Å². The molecule has 182 valence electrons. The minimum atomic E-state index is -1.09. The largest absolute Gasteiger partial charge is 0.507 e. The zero-order valence-corrected chi connectivity index (χ0v) is 19.1. The summed E-state index contributed by atoms with van der Waals surface area (Å²) >= 11 is 0. The van der Waals surface area contributed by atoms with Crippen LogP contribution < -0.4 is 0 Å². The number of benzene rings is 3. The van der Waals surface area contributed by atoms with Crippen molar-refractivity contribution in [3.05, 3.63) is 86.5 Å². The van der Waals surface area contributed by atoms with Gasteiger partial charge in [-0.05, 0) is 66.4 Å². The zero-order chi connectivity index (χ0) is 25.2. The number of aryl methyl sites for hydroxylation is 1.